The van der Waals surface area contributed by atoms with E-state index in [1.165, 1.54) is 28.7 Å². The summed E-state index contributed by atoms with van der Waals surface area (Å²) in [5.74, 6) is 2.51. The van der Waals surface area contributed by atoms with E-state index in [2.05, 4.69) is 64.9 Å². The van der Waals surface area contributed by atoms with Gasteiger partial charge in [-0.2, -0.15) is 0 Å². The van der Waals surface area contributed by atoms with Gasteiger partial charge in [0.25, 0.3) is 0 Å². The van der Waals surface area contributed by atoms with E-state index >= 15 is 0 Å². The molecule has 184 valence electrons. The number of benzene rings is 2. The Morgan fingerprint density at radius 1 is 1.06 bits per heavy atom. The van der Waals surface area contributed by atoms with Gasteiger partial charge in [-0.15, -0.1) is 10.2 Å². The molecule has 2 aromatic heterocycles. The molecular weight excluding hydrogens is 478 g/mol. The van der Waals surface area contributed by atoms with Crippen LogP contribution in [0.15, 0.2) is 53.7 Å². The number of ether oxygens (including phenoxy) is 1. The molecule has 4 rings (SSSR count). The van der Waals surface area contributed by atoms with Gasteiger partial charge in [0.05, 0.1) is 16.0 Å². The zero-order valence-electron chi connectivity index (χ0n) is 20.7. The van der Waals surface area contributed by atoms with Crippen LogP contribution in [0, 0.1) is 5.92 Å². The number of para-hydroxylation sites is 1. The van der Waals surface area contributed by atoms with Gasteiger partial charge in [0, 0.05) is 6.54 Å². The average Bonchev–Trinajstić information content (AvgIpc) is 3.40. The highest BCUT2D eigenvalue weighted by Gasteiger charge is 2.21. The molecule has 2 aromatic carbocycles. The number of carbonyl (C=O) groups excluding carboxylic acids is 1. The molecule has 0 saturated carbocycles. The quantitative estimate of drug-likeness (QED) is 0.245. The molecule has 9 heteroatoms. The number of nitrogens with zero attached hydrogens (tertiary/aromatic N) is 4. The Hall–Kier alpha value is -2.91. The van der Waals surface area contributed by atoms with E-state index in [0.717, 1.165) is 28.3 Å². The molecule has 2 heterocycles. The zero-order chi connectivity index (χ0) is 24.9. The highest BCUT2D eigenvalue weighted by Crippen LogP contribution is 2.28. The van der Waals surface area contributed by atoms with Crippen molar-refractivity contribution in [2.45, 2.75) is 58.3 Å². The summed E-state index contributed by atoms with van der Waals surface area (Å²) >= 11 is 2.84. The number of anilines is 1. The zero-order valence-corrected chi connectivity index (χ0v) is 22.3. The first-order valence-corrected chi connectivity index (χ1v) is 13.6. The summed E-state index contributed by atoms with van der Waals surface area (Å²) in [5, 5.41) is 13.0. The van der Waals surface area contributed by atoms with Crippen LogP contribution in [0.5, 0.6) is 5.75 Å². The Labute approximate surface area is 214 Å². The van der Waals surface area contributed by atoms with Crippen LogP contribution in [0.3, 0.4) is 0 Å². The number of hydrogen-bond donors (Lipinski definition) is 1. The fourth-order valence-corrected chi connectivity index (χ4v) is 5.28. The second kappa shape index (κ2) is 11.2. The molecule has 35 heavy (non-hydrogen) atoms. The van der Waals surface area contributed by atoms with Gasteiger partial charge in [0.1, 0.15) is 5.75 Å². The second-order valence-corrected chi connectivity index (χ2v) is 11.1. The third-order valence-electron chi connectivity index (χ3n) is 5.39. The van der Waals surface area contributed by atoms with Crippen LogP contribution in [-0.2, 0) is 11.3 Å². The van der Waals surface area contributed by atoms with Crippen LogP contribution in [-0.4, -0.2) is 31.4 Å². The lowest BCUT2D eigenvalue weighted by Gasteiger charge is -2.18. The molecule has 1 amide bonds. The van der Waals surface area contributed by atoms with Gasteiger partial charge in [-0.3, -0.25) is 4.79 Å². The first-order chi connectivity index (χ1) is 16.8. The number of thioether (sulfide) groups is 1. The van der Waals surface area contributed by atoms with E-state index in [1.807, 2.05) is 43.3 Å². The largest absolute Gasteiger partial charge is 0.483 e. The van der Waals surface area contributed by atoms with Crippen molar-refractivity contribution in [3.63, 3.8) is 0 Å². The summed E-state index contributed by atoms with van der Waals surface area (Å²) < 4.78 is 9.29. The highest BCUT2D eigenvalue weighted by molar-refractivity contribution is 7.99. The summed E-state index contributed by atoms with van der Waals surface area (Å²) in [6, 6.07) is 16.0. The highest BCUT2D eigenvalue weighted by atomic mass is 32.2. The molecule has 1 atom stereocenters. The monoisotopic (exact) mass is 509 g/mol. The molecule has 0 aliphatic rings. The van der Waals surface area contributed by atoms with Crippen LogP contribution >= 0.6 is 23.1 Å². The third-order valence-corrected chi connectivity index (χ3v) is 7.31. The molecule has 0 aliphatic heterocycles. The Balaban J connectivity index is 1.42. The number of rotatable bonds is 10. The molecule has 0 spiro atoms. The molecular formula is C26H31N5O2S2. The van der Waals surface area contributed by atoms with Gasteiger partial charge < -0.3 is 14.6 Å². The Kier molecular flexibility index (Phi) is 8.07. The van der Waals surface area contributed by atoms with E-state index in [9.17, 15) is 4.79 Å². The average molecular weight is 510 g/mol. The molecule has 0 aliphatic carbocycles. The fraction of sp³-hybridized carbons (Fsp3) is 0.385. The minimum Gasteiger partial charge on any atom is -0.483 e. The molecule has 4 aromatic rings. The molecule has 7 nitrogen and oxygen atoms in total. The number of thiazole rings is 1. The lowest BCUT2D eigenvalue weighted by molar-refractivity contribution is -0.113. The standard InChI is InChI=1S/C26H31N5O2S2/c1-16(2)14-31-24(18(5)33-20-12-10-19(11-13-20)17(3)4)29-30-26(31)34-15-23(32)28-25-27-21-8-6-7-9-22(21)35-25/h6-13,16-18H,14-15H2,1-5H3,(H,27,28,32). The van der Waals surface area contributed by atoms with E-state index in [4.69, 9.17) is 4.74 Å². The number of fused-ring (bicyclic) bond motifs is 1. The van der Waals surface area contributed by atoms with Crippen molar-refractivity contribution in [2.24, 2.45) is 5.92 Å². The van der Waals surface area contributed by atoms with Gasteiger partial charge in [-0.05, 0) is 48.6 Å². The van der Waals surface area contributed by atoms with Crippen LogP contribution in [0.1, 0.15) is 58.0 Å². The van der Waals surface area contributed by atoms with Crippen LogP contribution in [0.25, 0.3) is 10.2 Å². The molecule has 1 unspecified atom stereocenters. The fourth-order valence-electron chi connectivity index (χ4n) is 3.64. The van der Waals surface area contributed by atoms with Crippen LogP contribution < -0.4 is 10.1 Å². The van der Waals surface area contributed by atoms with Gasteiger partial charge in [-0.25, -0.2) is 4.98 Å². The number of aromatic nitrogens is 4. The first kappa shape index (κ1) is 25.2. The minimum absolute atomic E-state index is 0.121. The predicted octanol–water partition coefficient (Wildman–Crippen LogP) is 6.54. The Morgan fingerprint density at radius 2 is 1.80 bits per heavy atom. The second-order valence-electron chi connectivity index (χ2n) is 9.15. The normalized spacial score (nSPS) is 12.4. The van der Waals surface area contributed by atoms with E-state index in [0.29, 0.717) is 22.1 Å². The van der Waals surface area contributed by atoms with Crippen molar-refractivity contribution >= 4 is 44.4 Å². The van der Waals surface area contributed by atoms with Gasteiger partial charge in [0.15, 0.2) is 22.2 Å². The molecule has 0 saturated heterocycles. The number of nitrogens with one attached hydrogen (secondary N) is 1. The molecule has 0 radical (unpaired) electrons. The van der Waals surface area contributed by atoms with Crippen molar-refractivity contribution < 1.29 is 9.53 Å². The SMILES string of the molecule is CC(C)Cn1c(SCC(=O)Nc2nc3ccccc3s2)nnc1C(C)Oc1ccc(C(C)C)cc1. The van der Waals surface area contributed by atoms with Crippen molar-refractivity contribution in [3.05, 3.63) is 59.9 Å². The van der Waals surface area contributed by atoms with Gasteiger partial charge in [0.2, 0.25) is 5.91 Å². The van der Waals surface area contributed by atoms with Crippen molar-refractivity contribution in [3.8, 4) is 5.75 Å². The lowest BCUT2D eigenvalue weighted by atomic mass is 10.0. The van der Waals surface area contributed by atoms with Crippen LogP contribution in [0.2, 0.25) is 0 Å². The topological polar surface area (TPSA) is 81.9 Å². The number of amides is 1. The smallest absolute Gasteiger partial charge is 0.236 e. The maximum absolute atomic E-state index is 12.6. The summed E-state index contributed by atoms with van der Waals surface area (Å²) in [6.07, 6.45) is -0.280. The number of hydrogen-bond acceptors (Lipinski definition) is 7. The van der Waals surface area contributed by atoms with E-state index in [-0.39, 0.29) is 17.8 Å². The molecule has 0 bridgehead atoms. The Morgan fingerprint density at radius 3 is 2.49 bits per heavy atom. The lowest BCUT2D eigenvalue weighted by Crippen LogP contribution is -2.17. The molecule has 1 N–H and O–H groups in total. The van der Waals surface area contributed by atoms with Gasteiger partial charge >= 0.3 is 0 Å². The maximum atomic E-state index is 12.6. The summed E-state index contributed by atoms with van der Waals surface area (Å²) in [6.45, 7) is 11.4. The first-order valence-electron chi connectivity index (χ1n) is 11.8. The van der Waals surface area contributed by atoms with Crippen LogP contribution in [0.4, 0.5) is 5.13 Å². The third kappa shape index (κ3) is 6.41. The Bertz CT molecular complexity index is 1250. The summed E-state index contributed by atoms with van der Waals surface area (Å²) in [7, 11) is 0. The van der Waals surface area contributed by atoms with Crippen molar-refractivity contribution in [1.29, 1.82) is 0 Å². The minimum atomic E-state index is -0.280. The van der Waals surface area contributed by atoms with E-state index in [1.54, 1.807) is 0 Å². The predicted molar refractivity (Wildman–Crippen MR) is 143 cm³/mol. The molecule has 0 fully saturated rings. The van der Waals surface area contributed by atoms with Crippen molar-refractivity contribution in [2.75, 3.05) is 11.1 Å². The summed E-state index contributed by atoms with van der Waals surface area (Å²) in [4.78, 5) is 17.1. The number of carbonyl (C=O) groups is 1. The maximum Gasteiger partial charge on any atom is 0.236 e. The van der Waals surface area contributed by atoms with Crippen molar-refractivity contribution in [1.82, 2.24) is 19.7 Å². The van der Waals surface area contributed by atoms with Gasteiger partial charge in [-0.1, -0.05) is 75.1 Å². The summed E-state index contributed by atoms with van der Waals surface area (Å²) in [5.41, 5.74) is 2.16. The van der Waals surface area contributed by atoms with E-state index < -0.39 is 0 Å².